The highest BCUT2D eigenvalue weighted by Gasteiger charge is 2.65. The Hall–Kier alpha value is -0.370. The highest BCUT2D eigenvalue weighted by Crippen LogP contribution is 2.59. The van der Waals surface area contributed by atoms with Crippen molar-refractivity contribution in [2.75, 3.05) is 6.61 Å². The third-order valence-corrected chi connectivity index (χ3v) is 3.94. The van der Waals surface area contributed by atoms with Crippen LogP contribution in [0.5, 0.6) is 0 Å². The minimum atomic E-state index is 0.0328. The van der Waals surface area contributed by atoms with Crippen LogP contribution in [0.15, 0.2) is 0 Å². The van der Waals surface area contributed by atoms with E-state index in [1.165, 1.54) is 6.42 Å². The summed E-state index contributed by atoms with van der Waals surface area (Å²) in [5.41, 5.74) is 0.0328. The van der Waals surface area contributed by atoms with Crippen LogP contribution in [0.2, 0.25) is 0 Å². The van der Waals surface area contributed by atoms with Crippen LogP contribution in [-0.4, -0.2) is 18.5 Å². The molecule has 0 N–H and O–H groups in total. The van der Waals surface area contributed by atoms with Crippen molar-refractivity contribution in [3.63, 3.8) is 0 Å². The molecule has 1 heterocycles. The topological polar surface area (TPSA) is 26.3 Å². The molecule has 3 fully saturated rings. The molecule has 1 spiro atoms. The zero-order chi connectivity index (χ0) is 8.18. The van der Waals surface area contributed by atoms with Crippen molar-refractivity contribution in [1.82, 2.24) is 0 Å². The van der Waals surface area contributed by atoms with Crippen LogP contribution in [0.1, 0.15) is 32.1 Å². The van der Waals surface area contributed by atoms with Gasteiger partial charge in [-0.15, -0.1) is 0 Å². The molecular weight excluding hydrogens is 152 g/mol. The molecule has 0 unspecified atom stereocenters. The van der Waals surface area contributed by atoms with Crippen LogP contribution in [-0.2, 0) is 9.53 Å². The fourth-order valence-corrected chi connectivity index (χ4v) is 3.10. The number of ether oxygens (including phenoxy) is 1. The third-order valence-electron chi connectivity index (χ3n) is 3.94. The number of carbonyl (C=O) groups excluding carboxylic acids is 1. The molecular formula is C10H14O2. The number of Topliss-reactive ketones (excluding diaryl/α,β-unsaturated/α-hetero) is 1. The van der Waals surface area contributed by atoms with Gasteiger partial charge in [-0.1, -0.05) is 6.42 Å². The van der Waals surface area contributed by atoms with E-state index >= 15 is 0 Å². The Bertz CT molecular complexity index is 230. The molecule has 1 saturated heterocycles. The van der Waals surface area contributed by atoms with Gasteiger partial charge in [0.25, 0.3) is 0 Å². The summed E-state index contributed by atoms with van der Waals surface area (Å²) in [5, 5.41) is 0. The molecule has 0 amide bonds. The van der Waals surface area contributed by atoms with Gasteiger partial charge in [0.05, 0.1) is 11.5 Å². The minimum Gasteiger partial charge on any atom is -0.376 e. The molecule has 2 nitrogen and oxygen atoms in total. The Morgan fingerprint density at radius 1 is 1.33 bits per heavy atom. The molecule has 2 heteroatoms. The van der Waals surface area contributed by atoms with Crippen molar-refractivity contribution in [1.29, 1.82) is 0 Å². The van der Waals surface area contributed by atoms with Gasteiger partial charge in [-0.3, -0.25) is 4.79 Å². The van der Waals surface area contributed by atoms with E-state index in [9.17, 15) is 4.79 Å². The van der Waals surface area contributed by atoms with Crippen LogP contribution in [0.4, 0.5) is 0 Å². The Kier molecular flexibility index (Phi) is 1.24. The summed E-state index contributed by atoms with van der Waals surface area (Å²) in [7, 11) is 0. The highest BCUT2D eigenvalue weighted by atomic mass is 16.5. The van der Waals surface area contributed by atoms with E-state index in [4.69, 9.17) is 4.74 Å². The zero-order valence-corrected chi connectivity index (χ0v) is 7.21. The summed E-state index contributed by atoms with van der Waals surface area (Å²) < 4.78 is 5.68. The molecule has 0 bridgehead atoms. The first-order valence-electron chi connectivity index (χ1n) is 5.00. The van der Waals surface area contributed by atoms with Crippen molar-refractivity contribution in [3.05, 3.63) is 0 Å². The molecule has 0 aromatic heterocycles. The van der Waals surface area contributed by atoms with Crippen LogP contribution in [0, 0.1) is 11.3 Å². The lowest BCUT2D eigenvalue weighted by molar-refractivity contribution is -0.207. The number of hydrogen-bond donors (Lipinski definition) is 0. The van der Waals surface area contributed by atoms with Gasteiger partial charge >= 0.3 is 0 Å². The van der Waals surface area contributed by atoms with Crippen molar-refractivity contribution in [2.45, 2.75) is 38.2 Å². The molecule has 2 aliphatic carbocycles. The van der Waals surface area contributed by atoms with Gasteiger partial charge in [0.2, 0.25) is 0 Å². The molecule has 12 heavy (non-hydrogen) atoms. The molecule has 1 aliphatic heterocycles. The Morgan fingerprint density at radius 3 is 2.83 bits per heavy atom. The molecule has 0 aromatic carbocycles. The number of ketones is 1. The van der Waals surface area contributed by atoms with Gasteiger partial charge in [0.1, 0.15) is 5.78 Å². The van der Waals surface area contributed by atoms with Gasteiger partial charge in [-0.2, -0.15) is 0 Å². The van der Waals surface area contributed by atoms with E-state index in [1.807, 2.05) is 0 Å². The largest absolute Gasteiger partial charge is 0.376 e. The Morgan fingerprint density at radius 2 is 2.17 bits per heavy atom. The van der Waals surface area contributed by atoms with E-state index in [1.54, 1.807) is 0 Å². The Labute approximate surface area is 72.3 Å². The van der Waals surface area contributed by atoms with E-state index in [2.05, 4.69) is 0 Å². The first-order valence-corrected chi connectivity index (χ1v) is 5.00. The van der Waals surface area contributed by atoms with E-state index < -0.39 is 0 Å². The second kappa shape index (κ2) is 2.11. The molecule has 0 aromatic rings. The van der Waals surface area contributed by atoms with E-state index in [0.717, 1.165) is 32.3 Å². The predicted octanol–water partition coefficient (Wildman–Crippen LogP) is 1.53. The molecule has 0 radical (unpaired) electrons. The second-order valence-corrected chi connectivity index (χ2v) is 4.41. The monoisotopic (exact) mass is 166 g/mol. The molecule has 2 atom stereocenters. The maximum absolute atomic E-state index is 11.7. The van der Waals surface area contributed by atoms with Crippen LogP contribution >= 0.6 is 0 Å². The highest BCUT2D eigenvalue weighted by molar-refractivity contribution is 5.95. The minimum absolute atomic E-state index is 0.0328. The van der Waals surface area contributed by atoms with Crippen LogP contribution in [0.25, 0.3) is 0 Å². The van der Waals surface area contributed by atoms with Crippen LogP contribution in [0.3, 0.4) is 0 Å². The van der Waals surface area contributed by atoms with Gasteiger partial charge in [-0.25, -0.2) is 0 Å². The SMILES string of the molecule is O=C1[C@@H]2CCCO[C@H]2C12CCC2. The zero-order valence-electron chi connectivity index (χ0n) is 7.21. The summed E-state index contributed by atoms with van der Waals surface area (Å²) in [5.74, 6) is 0.817. The summed E-state index contributed by atoms with van der Waals surface area (Å²) >= 11 is 0. The summed E-state index contributed by atoms with van der Waals surface area (Å²) in [6.45, 7) is 0.885. The lowest BCUT2D eigenvalue weighted by atomic mass is 9.47. The van der Waals surface area contributed by atoms with Crippen molar-refractivity contribution >= 4 is 5.78 Å². The number of fused-ring (bicyclic) bond motifs is 2. The fraction of sp³-hybridized carbons (Fsp3) is 0.900. The summed E-state index contributed by atoms with van der Waals surface area (Å²) in [4.78, 5) is 11.7. The van der Waals surface area contributed by atoms with Crippen LogP contribution < -0.4 is 0 Å². The lowest BCUT2D eigenvalue weighted by Gasteiger charge is -2.59. The van der Waals surface area contributed by atoms with Crippen molar-refractivity contribution in [3.8, 4) is 0 Å². The first-order chi connectivity index (χ1) is 5.84. The average Bonchev–Trinajstić information content (AvgIpc) is 2.01. The maximum atomic E-state index is 11.7. The Balaban J connectivity index is 1.85. The van der Waals surface area contributed by atoms with Gasteiger partial charge in [-0.05, 0) is 25.7 Å². The van der Waals surface area contributed by atoms with Gasteiger partial charge in [0.15, 0.2) is 0 Å². The van der Waals surface area contributed by atoms with Gasteiger partial charge in [0, 0.05) is 12.5 Å². The van der Waals surface area contributed by atoms with E-state index in [0.29, 0.717) is 17.8 Å². The molecule has 2 saturated carbocycles. The lowest BCUT2D eigenvalue weighted by Crippen LogP contribution is -2.67. The molecule has 3 aliphatic rings. The summed E-state index contributed by atoms with van der Waals surface area (Å²) in [6.07, 6.45) is 5.94. The van der Waals surface area contributed by atoms with Gasteiger partial charge < -0.3 is 4.74 Å². The van der Waals surface area contributed by atoms with Crippen molar-refractivity contribution < 1.29 is 9.53 Å². The molecule has 3 rings (SSSR count). The predicted molar refractivity (Wildman–Crippen MR) is 43.8 cm³/mol. The third kappa shape index (κ3) is 0.598. The fourth-order valence-electron chi connectivity index (χ4n) is 3.10. The van der Waals surface area contributed by atoms with Crippen molar-refractivity contribution in [2.24, 2.45) is 11.3 Å². The first kappa shape index (κ1) is 7.07. The smallest absolute Gasteiger partial charge is 0.147 e. The molecule has 66 valence electrons. The standard InChI is InChI=1S/C10H14O2/c11-8-7-3-1-6-12-9(7)10(8)4-2-5-10/h7,9H,1-6H2/t7-,9+/m0/s1. The maximum Gasteiger partial charge on any atom is 0.147 e. The number of hydrogen-bond acceptors (Lipinski definition) is 2. The quantitative estimate of drug-likeness (QED) is 0.545. The normalized spacial score (nSPS) is 43.2. The average molecular weight is 166 g/mol. The second-order valence-electron chi connectivity index (χ2n) is 4.41. The number of carbonyl (C=O) groups is 1. The van der Waals surface area contributed by atoms with E-state index in [-0.39, 0.29) is 5.41 Å². The number of rotatable bonds is 0. The summed E-state index contributed by atoms with van der Waals surface area (Å²) in [6, 6.07) is 0.